The molecule has 0 aliphatic rings. The maximum absolute atomic E-state index is 13.2. The third kappa shape index (κ3) is 10.7. The summed E-state index contributed by atoms with van der Waals surface area (Å²) in [5, 5.41) is 5.45. The maximum Gasteiger partial charge on any atom is 0.303 e. The van der Waals surface area contributed by atoms with Gasteiger partial charge < -0.3 is 15.0 Å². The molecule has 2 amide bonds. The molecule has 2 rings (SSSR count). The molecule has 8 heteroatoms. The number of nitrogens with one attached hydrogen (secondary N) is 1. The number of nitrogens with zero attached hydrogens (tertiary/aromatic N) is 2. The van der Waals surface area contributed by atoms with E-state index in [2.05, 4.69) is 64.0 Å². The van der Waals surface area contributed by atoms with Crippen LogP contribution in [-0.2, 0) is 20.7 Å². The van der Waals surface area contributed by atoms with Crippen molar-refractivity contribution < 1.29 is 19.1 Å². The van der Waals surface area contributed by atoms with Crippen LogP contribution in [0, 0.1) is 17.8 Å². The van der Waals surface area contributed by atoms with Crippen LogP contribution in [0.2, 0.25) is 0 Å². The lowest BCUT2D eigenvalue weighted by molar-refractivity contribution is -0.148. The molecule has 39 heavy (non-hydrogen) atoms. The predicted molar refractivity (Wildman–Crippen MR) is 158 cm³/mol. The molecule has 7 nitrogen and oxygen atoms in total. The molecule has 2 aromatic rings. The van der Waals surface area contributed by atoms with Gasteiger partial charge in [0, 0.05) is 44.3 Å². The highest BCUT2D eigenvalue weighted by molar-refractivity contribution is 7.09. The number of hydrogen-bond donors (Lipinski definition) is 1. The number of ether oxygens (including phenoxy) is 1. The van der Waals surface area contributed by atoms with Gasteiger partial charge in [-0.2, -0.15) is 0 Å². The third-order valence-electron chi connectivity index (χ3n) is 7.09. The average Bonchev–Trinajstić information content (AvgIpc) is 3.36. The summed E-state index contributed by atoms with van der Waals surface area (Å²) in [4.78, 5) is 44.6. The number of rotatable bonds is 15. The van der Waals surface area contributed by atoms with Gasteiger partial charge in [-0.25, -0.2) is 4.98 Å². The molecular weight excluding hydrogens is 510 g/mol. The minimum Gasteiger partial charge on any atom is -0.455 e. The van der Waals surface area contributed by atoms with E-state index in [1.165, 1.54) is 23.8 Å². The topological polar surface area (TPSA) is 88.6 Å². The molecule has 0 spiro atoms. The molecule has 1 heterocycles. The Morgan fingerprint density at radius 3 is 2.28 bits per heavy atom. The fraction of sp³-hybridized carbons (Fsp3) is 0.613. The molecule has 4 atom stereocenters. The highest BCUT2D eigenvalue weighted by Gasteiger charge is 2.31. The Morgan fingerprint density at radius 2 is 1.72 bits per heavy atom. The fourth-order valence-corrected chi connectivity index (χ4v) is 5.57. The standard InChI is InChI=1S/C31H47N3O4S/c1-9-22(6)16-29(36)34(8)27(21(4)5)18-28(38-23(7)35)31-33-26(19-39-31)30(37)32-25(15-20(2)3)17-24-13-11-10-12-14-24/h10-14,19-22,25,27-28H,9,15-18H2,1-8H3,(H,32,37)/t22-,25?,27?,28?/m0/s1. The van der Waals surface area contributed by atoms with E-state index >= 15 is 0 Å². The summed E-state index contributed by atoms with van der Waals surface area (Å²) < 4.78 is 5.69. The number of carbonyl (C=O) groups excluding carboxylic acids is 3. The van der Waals surface area contributed by atoms with Gasteiger partial charge in [0.15, 0.2) is 6.10 Å². The summed E-state index contributed by atoms with van der Waals surface area (Å²) in [6.07, 6.45) is 2.78. The van der Waals surface area contributed by atoms with Crippen molar-refractivity contribution in [3.05, 3.63) is 52.0 Å². The van der Waals surface area contributed by atoms with Crippen molar-refractivity contribution in [2.45, 2.75) is 98.8 Å². The number of thiazole rings is 1. The minimum atomic E-state index is -0.643. The van der Waals surface area contributed by atoms with Crippen LogP contribution in [0.25, 0.3) is 0 Å². The molecular formula is C31H47N3O4S. The molecule has 216 valence electrons. The number of amides is 2. The zero-order valence-electron chi connectivity index (χ0n) is 24.9. The largest absolute Gasteiger partial charge is 0.455 e. The second-order valence-corrected chi connectivity index (χ2v) is 12.3. The zero-order valence-corrected chi connectivity index (χ0v) is 25.7. The number of hydrogen-bond acceptors (Lipinski definition) is 6. The van der Waals surface area contributed by atoms with E-state index in [0.717, 1.165) is 19.3 Å². The second-order valence-electron chi connectivity index (χ2n) is 11.4. The van der Waals surface area contributed by atoms with Crippen LogP contribution in [0.3, 0.4) is 0 Å². The zero-order chi connectivity index (χ0) is 29.1. The summed E-state index contributed by atoms with van der Waals surface area (Å²) in [5.74, 6) is 0.300. The highest BCUT2D eigenvalue weighted by atomic mass is 32.1. The molecule has 0 fully saturated rings. The van der Waals surface area contributed by atoms with Crippen LogP contribution >= 0.6 is 11.3 Å². The molecule has 1 N–H and O–H groups in total. The van der Waals surface area contributed by atoms with E-state index in [-0.39, 0.29) is 29.8 Å². The summed E-state index contributed by atoms with van der Waals surface area (Å²) in [5.41, 5.74) is 1.49. The van der Waals surface area contributed by atoms with Crippen molar-refractivity contribution >= 4 is 29.1 Å². The van der Waals surface area contributed by atoms with Gasteiger partial charge in [-0.3, -0.25) is 14.4 Å². The Balaban J connectivity index is 2.20. The quantitative estimate of drug-likeness (QED) is 0.255. The lowest BCUT2D eigenvalue weighted by Crippen LogP contribution is -2.42. The van der Waals surface area contributed by atoms with Crippen molar-refractivity contribution in [3.63, 3.8) is 0 Å². The van der Waals surface area contributed by atoms with Crippen molar-refractivity contribution in [2.24, 2.45) is 17.8 Å². The molecule has 0 aliphatic carbocycles. The van der Waals surface area contributed by atoms with Crippen molar-refractivity contribution in [1.82, 2.24) is 15.2 Å². The summed E-state index contributed by atoms with van der Waals surface area (Å²) in [6.45, 7) is 13.9. The monoisotopic (exact) mass is 557 g/mol. The van der Waals surface area contributed by atoms with E-state index in [4.69, 9.17) is 4.74 Å². The molecule has 0 bridgehead atoms. The number of aromatic nitrogens is 1. The lowest BCUT2D eigenvalue weighted by Gasteiger charge is -2.34. The van der Waals surface area contributed by atoms with Gasteiger partial charge in [0.1, 0.15) is 10.7 Å². The Labute approximate surface area is 238 Å². The van der Waals surface area contributed by atoms with Gasteiger partial charge in [0.25, 0.3) is 5.91 Å². The normalized spacial score (nSPS) is 14.5. The summed E-state index contributed by atoms with van der Waals surface area (Å²) >= 11 is 1.31. The van der Waals surface area contributed by atoms with E-state index in [9.17, 15) is 14.4 Å². The Morgan fingerprint density at radius 1 is 1.05 bits per heavy atom. The van der Waals surface area contributed by atoms with E-state index in [0.29, 0.717) is 35.4 Å². The maximum atomic E-state index is 13.2. The predicted octanol–water partition coefficient (Wildman–Crippen LogP) is 6.44. The van der Waals surface area contributed by atoms with Crippen molar-refractivity contribution in [1.29, 1.82) is 0 Å². The van der Waals surface area contributed by atoms with Gasteiger partial charge in [0.2, 0.25) is 5.91 Å². The van der Waals surface area contributed by atoms with Crippen LogP contribution in [0.4, 0.5) is 0 Å². The first-order chi connectivity index (χ1) is 18.4. The van der Waals surface area contributed by atoms with Gasteiger partial charge in [0.05, 0.1) is 0 Å². The first kappa shape index (κ1) is 32.5. The molecule has 0 saturated carbocycles. The van der Waals surface area contributed by atoms with Crippen molar-refractivity contribution in [3.8, 4) is 0 Å². The van der Waals surface area contributed by atoms with Crippen molar-refractivity contribution in [2.75, 3.05) is 7.05 Å². The van der Waals surface area contributed by atoms with E-state index in [1.807, 2.05) is 25.2 Å². The SMILES string of the molecule is CC[C@H](C)CC(=O)N(C)C(CC(OC(C)=O)c1nc(C(=O)NC(Cc2ccccc2)CC(C)C)cs1)C(C)C. The van der Waals surface area contributed by atoms with Gasteiger partial charge >= 0.3 is 5.97 Å². The number of esters is 1. The van der Waals surface area contributed by atoms with Crippen LogP contribution in [0.15, 0.2) is 35.7 Å². The Kier molecular flexibility index (Phi) is 13.1. The van der Waals surface area contributed by atoms with E-state index < -0.39 is 12.1 Å². The third-order valence-corrected chi connectivity index (χ3v) is 8.03. The highest BCUT2D eigenvalue weighted by Crippen LogP contribution is 2.31. The fourth-order valence-electron chi connectivity index (χ4n) is 4.73. The first-order valence-electron chi connectivity index (χ1n) is 14.1. The Bertz CT molecular complexity index is 1050. The lowest BCUT2D eigenvalue weighted by atomic mass is 9.95. The van der Waals surface area contributed by atoms with Crippen LogP contribution in [-0.4, -0.2) is 46.8 Å². The van der Waals surface area contributed by atoms with Crippen LogP contribution in [0.1, 0.15) is 101 Å². The second kappa shape index (κ2) is 15.8. The molecule has 3 unspecified atom stereocenters. The molecule has 1 aromatic heterocycles. The van der Waals surface area contributed by atoms with Gasteiger partial charge in [-0.15, -0.1) is 11.3 Å². The minimum absolute atomic E-state index is 0.0233. The van der Waals surface area contributed by atoms with Gasteiger partial charge in [-0.1, -0.05) is 78.3 Å². The molecule has 0 radical (unpaired) electrons. The number of carbonyl (C=O) groups is 3. The molecule has 0 aliphatic heterocycles. The molecule has 0 saturated heterocycles. The number of benzene rings is 1. The smallest absolute Gasteiger partial charge is 0.303 e. The molecule has 1 aromatic carbocycles. The summed E-state index contributed by atoms with van der Waals surface area (Å²) in [7, 11) is 1.82. The van der Waals surface area contributed by atoms with Crippen LogP contribution < -0.4 is 5.32 Å². The van der Waals surface area contributed by atoms with E-state index in [1.54, 1.807) is 10.3 Å². The summed E-state index contributed by atoms with van der Waals surface area (Å²) in [6, 6.07) is 9.97. The van der Waals surface area contributed by atoms with Crippen LogP contribution in [0.5, 0.6) is 0 Å². The Hall–Kier alpha value is -2.74. The average molecular weight is 558 g/mol. The van der Waals surface area contributed by atoms with Gasteiger partial charge in [-0.05, 0) is 36.2 Å². The first-order valence-corrected chi connectivity index (χ1v) is 15.0.